The molecule has 2 aromatic carbocycles. The van der Waals surface area contributed by atoms with E-state index >= 15 is 0 Å². The number of hydrogen-bond acceptors (Lipinski definition) is 3. The molecule has 0 unspecified atom stereocenters. The number of hydrogen-bond donors (Lipinski definition) is 0. The van der Waals surface area contributed by atoms with Crippen molar-refractivity contribution in [3.8, 4) is 5.75 Å². The molecule has 0 N–H and O–H groups in total. The summed E-state index contributed by atoms with van der Waals surface area (Å²) in [7, 11) is 0. The summed E-state index contributed by atoms with van der Waals surface area (Å²) in [5.41, 5.74) is -0.456. The molecule has 2 amide bonds. The van der Waals surface area contributed by atoms with Crippen LogP contribution in [0.4, 0.5) is 36.8 Å². The summed E-state index contributed by atoms with van der Waals surface area (Å²) in [6, 6.07) is 7.79. The molecule has 0 bridgehead atoms. The molecule has 2 saturated heterocycles. The number of carbonyl (C=O) groups is 1. The zero-order valence-corrected chi connectivity index (χ0v) is 17.4. The first-order valence-electron chi connectivity index (χ1n) is 10.1. The maximum atomic E-state index is 14.4. The molecule has 11 heteroatoms. The predicted molar refractivity (Wildman–Crippen MR) is 106 cm³/mol. The predicted octanol–water partition coefficient (Wildman–Crippen LogP) is 4.80. The number of halogens is 6. The average Bonchev–Trinajstić information content (AvgIpc) is 3.48. The van der Waals surface area contributed by atoms with Crippen molar-refractivity contribution in [1.29, 1.82) is 0 Å². The van der Waals surface area contributed by atoms with Crippen LogP contribution in [0, 0.1) is 11.6 Å². The van der Waals surface area contributed by atoms with Gasteiger partial charge in [0.15, 0.2) is 6.61 Å². The summed E-state index contributed by atoms with van der Waals surface area (Å²) in [5.74, 6) is -5.79. The van der Waals surface area contributed by atoms with Gasteiger partial charge in [0.05, 0.1) is 12.6 Å². The van der Waals surface area contributed by atoms with Gasteiger partial charge in [0.2, 0.25) is 0 Å². The minimum atomic E-state index is -4.27. The highest BCUT2D eigenvalue weighted by molar-refractivity contribution is 5.94. The minimum Gasteiger partial charge on any atom is -0.487 e. The fourth-order valence-corrected chi connectivity index (χ4v) is 3.90. The molecular formula is C22H20F6N2O3. The maximum Gasteiger partial charge on any atom is 0.340 e. The van der Waals surface area contributed by atoms with Crippen LogP contribution < -0.4 is 9.64 Å². The van der Waals surface area contributed by atoms with Crippen LogP contribution in [0.25, 0.3) is 0 Å². The molecule has 178 valence electrons. The number of anilines is 1. The lowest BCUT2D eigenvalue weighted by Crippen LogP contribution is -2.45. The van der Waals surface area contributed by atoms with Gasteiger partial charge in [-0.25, -0.2) is 22.4 Å². The van der Waals surface area contributed by atoms with Crippen molar-refractivity contribution in [2.75, 3.05) is 31.2 Å². The van der Waals surface area contributed by atoms with Crippen LogP contribution in [0.1, 0.15) is 12.5 Å². The monoisotopic (exact) mass is 474 g/mol. The lowest BCUT2D eigenvalue weighted by molar-refractivity contribution is -0.148. The van der Waals surface area contributed by atoms with Crippen LogP contribution in [-0.4, -0.2) is 55.6 Å². The highest BCUT2D eigenvalue weighted by Gasteiger charge is 2.56. The molecule has 33 heavy (non-hydrogen) atoms. The molecule has 2 atom stereocenters. The molecule has 2 aliphatic rings. The highest BCUT2D eigenvalue weighted by atomic mass is 19.3. The number of epoxide rings is 1. The third-order valence-corrected chi connectivity index (χ3v) is 5.92. The number of benzene rings is 2. The maximum absolute atomic E-state index is 14.4. The van der Waals surface area contributed by atoms with E-state index in [9.17, 15) is 31.1 Å². The summed E-state index contributed by atoms with van der Waals surface area (Å²) in [6.45, 7) is 1.04. The third-order valence-electron chi connectivity index (χ3n) is 5.92. The van der Waals surface area contributed by atoms with E-state index < -0.39 is 42.2 Å². The number of amides is 2. The van der Waals surface area contributed by atoms with Crippen LogP contribution >= 0.6 is 0 Å². The Morgan fingerprint density at radius 2 is 1.79 bits per heavy atom. The van der Waals surface area contributed by atoms with Gasteiger partial charge in [-0.3, -0.25) is 4.90 Å². The molecule has 0 radical (unpaired) electrons. The largest absolute Gasteiger partial charge is 0.487 e. The first-order chi connectivity index (χ1) is 15.5. The molecule has 2 aromatic rings. The Hall–Kier alpha value is -2.95. The van der Waals surface area contributed by atoms with E-state index in [0.29, 0.717) is 18.8 Å². The van der Waals surface area contributed by atoms with E-state index in [2.05, 4.69) is 0 Å². The van der Waals surface area contributed by atoms with Crippen LogP contribution in [0.15, 0.2) is 42.5 Å². The van der Waals surface area contributed by atoms with Crippen LogP contribution in [0.5, 0.6) is 5.75 Å². The molecule has 2 aliphatic heterocycles. The van der Waals surface area contributed by atoms with Crippen LogP contribution in [-0.2, 0) is 10.3 Å². The van der Waals surface area contributed by atoms with E-state index in [-0.39, 0.29) is 24.0 Å². The van der Waals surface area contributed by atoms with Crippen molar-refractivity contribution in [2.24, 2.45) is 0 Å². The van der Waals surface area contributed by atoms with Gasteiger partial charge in [-0.05, 0) is 37.3 Å². The molecule has 4 rings (SSSR count). The van der Waals surface area contributed by atoms with E-state index in [1.54, 1.807) is 6.92 Å². The lowest BCUT2D eigenvalue weighted by Gasteiger charge is -2.30. The van der Waals surface area contributed by atoms with E-state index in [1.807, 2.05) is 0 Å². The number of ether oxygens (including phenoxy) is 2. The van der Waals surface area contributed by atoms with E-state index in [1.165, 1.54) is 40.1 Å². The zero-order chi connectivity index (χ0) is 24.0. The molecule has 5 nitrogen and oxygen atoms in total. The number of urea groups is 1. The Morgan fingerprint density at radius 3 is 2.36 bits per heavy atom. The minimum absolute atomic E-state index is 0.0481. The van der Waals surface area contributed by atoms with Gasteiger partial charge in [0, 0.05) is 30.4 Å². The summed E-state index contributed by atoms with van der Waals surface area (Å²) in [4.78, 5) is 16.0. The lowest BCUT2D eigenvalue weighted by atomic mass is 9.91. The average molecular weight is 474 g/mol. The second-order valence-corrected chi connectivity index (χ2v) is 7.95. The molecular weight excluding hydrogens is 454 g/mol. The van der Waals surface area contributed by atoms with Gasteiger partial charge < -0.3 is 14.4 Å². The topological polar surface area (TPSA) is 45.3 Å². The Kier molecular flexibility index (Phi) is 5.94. The first kappa shape index (κ1) is 23.2. The SMILES string of the molecule is C[C@@H](N1CCN(c2ccc(OCC(F)(F)C(F)F)cc2)C1=O)[C@@]1(c2ccc(F)cc2F)CO1. The number of carbonyl (C=O) groups excluding carboxylic acids is 1. The molecule has 2 fully saturated rings. The van der Waals surface area contributed by atoms with Gasteiger partial charge in [-0.15, -0.1) is 0 Å². The van der Waals surface area contributed by atoms with Crippen molar-refractivity contribution in [3.63, 3.8) is 0 Å². The Bertz CT molecular complexity index is 1030. The summed E-state index contributed by atoms with van der Waals surface area (Å²) in [5, 5.41) is 0. The third kappa shape index (κ3) is 4.33. The fourth-order valence-electron chi connectivity index (χ4n) is 3.90. The molecule has 0 aliphatic carbocycles. The smallest absolute Gasteiger partial charge is 0.340 e. The second kappa shape index (κ2) is 8.44. The second-order valence-electron chi connectivity index (χ2n) is 7.95. The zero-order valence-electron chi connectivity index (χ0n) is 17.4. The molecule has 0 saturated carbocycles. The van der Waals surface area contributed by atoms with Gasteiger partial charge in [-0.1, -0.05) is 6.07 Å². The first-order valence-corrected chi connectivity index (χ1v) is 10.1. The quantitative estimate of drug-likeness (QED) is 0.408. The Labute approximate surface area is 185 Å². The molecule has 0 aromatic heterocycles. The Morgan fingerprint density at radius 1 is 1.12 bits per heavy atom. The normalized spacial score (nSPS) is 21.6. The Balaban J connectivity index is 1.44. The van der Waals surface area contributed by atoms with Crippen molar-refractivity contribution < 1.29 is 40.6 Å². The number of rotatable bonds is 8. The van der Waals surface area contributed by atoms with Gasteiger partial charge in [-0.2, -0.15) is 8.78 Å². The van der Waals surface area contributed by atoms with Crippen molar-refractivity contribution >= 4 is 11.7 Å². The van der Waals surface area contributed by atoms with Crippen LogP contribution in [0.2, 0.25) is 0 Å². The fraction of sp³-hybridized carbons (Fsp3) is 0.409. The van der Waals surface area contributed by atoms with Gasteiger partial charge in [0.25, 0.3) is 0 Å². The molecule has 0 spiro atoms. The summed E-state index contributed by atoms with van der Waals surface area (Å²) in [6.07, 6.45) is -3.84. The van der Waals surface area contributed by atoms with Crippen molar-refractivity contribution in [2.45, 2.75) is 30.9 Å². The van der Waals surface area contributed by atoms with Crippen LogP contribution in [0.3, 0.4) is 0 Å². The summed E-state index contributed by atoms with van der Waals surface area (Å²) < 4.78 is 88.4. The van der Waals surface area contributed by atoms with Gasteiger partial charge in [0.1, 0.15) is 23.0 Å². The van der Waals surface area contributed by atoms with Crippen molar-refractivity contribution in [1.82, 2.24) is 4.90 Å². The van der Waals surface area contributed by atoms with E-state index in [4.69, 9.17) is 9.47 Å². The summed E-state index contributed by atoms with van der Waals surface area (Å²) >= 11 is 0. The molecule has 2 heterocycles. The number of alkyl halides is 4. The van der Waals surface area contributed by atoms with E-state index in [0.717, 1.165) is 12.1 Å². The highest BCUT2D eigenvalue weighted by Crippen LogP contribution is 2.46. The van der Waals surface area contributed by atoms with Crippen molar-refractivity contribution in [3.05, 3.63) is 59.7 Å². The number of nitrogens with zero attached hydrogens (tertiary/aromatic N) is 2. The standard InChI is InChI=1S/C22H20F6N2O3/c1-13(21(11-33-21)17-7-2-14(23)10-18(17)24)29-8-9-30(20(29)31)15-3-5-16(6-4-15)32-12-22(27,28)19(25)26/h2-7,10,13,19H,8-9,11-12H2,1H3/t13-,21-/m1/s1. The van der Waals surface area contributed by atoms with Gasteiger partial charge >= 0.3 is 18.4 Å².